The fourth-order valence-corrected chi connectivity index (χ4v) is 0. The van der Waals surface area contributed by atoms with Gasteiger partial charge in [-0.05, 0) is 0 Å². The minimum absolute atomic E-state index is 0. The zero-order valence-electron chi connectivity index (χ0n) is 3.58. The van der Waals surface area contributed by atoms with Gasteiger partial charge in [0.1, 0.15) is 0 Å². The maximum atomic E-state index is 5.75. The van der Waals surface area contributed by atoms with Crippen molar-refractivity contribution < 1.29 is 32.7 Å². The Bertz CT molecular complexity index is 7.61. The number of hydrogen-bond acceptors (Lipinski definition) is 0. The second kappa shape index (κ2) is 77.6. The Balaban J connectivity index is -0.0000000133. The van der Waals surface area contributed by atoms with Gasteiger partial charge in [-0.15, -0.1) is 0 Å². The van der Waals surface area contributed by atoms with E-state index in [4.69, 9.17) is 11.5 Å². The third-order valence-corrected chi connectivity index (χ3v) is 0. The molecule has 0 atom stereocenters. The number of nitrogens with one attached hydrogen (secondary N) is 2. The van der Waals surface area contributed by atoms with Gasteiger partial charge in [0.2, 0.25) is 0 Å². The van der Waals surface area contributed by atoms with Crippen LogP contribution in [0.5, 0.6) is 0 Å². The predicted octanol–water partition coefficient (Wildman–Crippen LogP) is 1.33. The molecular weight excluding hydrogens is 141 g/mol. The van der Waals surface area contributed by atoms with Gasteiger partial charge >= 0.3 is 0 Å². The molecule has 0 saturated carbocycles. The van der Waals surface area contributed by atoms with Gasteiger partial charge in [-0.2, -0.15) is 14.1 Å². The maximum absolute atomic E-state index is 5.75. The Morgan fingerprint density at radius 1 is 0.800 bits per heavy atom. The summed E-state index contributed by atoms with van der Waals surface area (Å²) in [6.07, 6.45) is 0. The molecule has 0 aromatic carbocycles. The summed E-state index contributed by atoms with van der Waals surface area (Å²) in [5, 5.41) is 0. The second-order valence-electron chi connectivity index (χ2n) is 0. The molecule has 31 valence electrons. The smallest absolute Gasteiger partial charge is 0 e. The number of hydrogen-bond donors (Lipinski definition) is 0. The summed E-state index contributed by atoms with van der Waals surface area (Å²) in [7, 11) is 2.50. The predicted molar refractivity (Wildman–Crippen MR) is 20.5 cm³/mol. The molecule has 0 aromatic rings. The Hall–Kier alpha value is 1.02. The molecule has 0 rings (SSSR count). The van der Waals surface area contributed by atoms with Crippen molar-refractivity contribution in [1.29, 1.82) is 0 Å². The monoisotopic (exact) mass is 149 g/mol. The van der Waals surface area contributed by atoms with Crippen molar-refractivity contribution in [3.8, 4) is 0 Å². The first-order valence-corrected chi connectivity index (χ1v) is 1.00. The molecular formula is C2H8N2Y-2. The van der Waals surface area contributed by atoms with Crippen LogP contribution in [-0.2, 0) is 32.7 Å². The fourth-order valence-electron chi connectivity index (χ4n) is 0. The van der Waals surface area contributed by atoms with Gasteiger partial charge in [-0.3, -0.25) is 0 Å². The third kappa shape index (κ3) is 43.8. The molecule has 2 N–H and O–H groups in total. The van der Waals surface area contributed by atoms with Crippen LogP contribution in [0.15, 0.2) is 0 Å². The Morgan fingerprint density at radius 2 is 0.800 bits per heavy atom. The van der Waals surface area contributed by atoms with Crippen LogP contribution >= 0.6 is 0 Å². The van der Waals surface area contributed by atoms with Crippen LogP contribution in [0.3, 0.4) is 0 Å². The molecule has 0 unspecified atom stereocenters. The largest absolute Gasteiger partial charge is 0.680 e. The summed E-state index contributed by atoms with van der Waals surface area (Å²) in [6, 6.07) is 0. The maximum Gasteiger partial charge on any atom is 0 e. The van der Waals surface area contributed by atoms with Crippen LogP contribution < -0.4 is 0 Å². The zero-order chi connectivity index (χ0) is 4.00. The molecule has 0 fully saturated rings. The molecule has 0 aliphatic rings. The molecule has 0 aliphatic carbocycles. The van der Waals surface area contributed by atoms with Crippen LogP contribution in [0.2, 0.25) is 0 Å². The van der Waals surface area contributed by atoms with E-state index in [-0.39, 0.29) is 32.7 Å². The van der Waals surface area contributed by atoms with E-state index in [9.17, 15) is 0 Å². The number of rotatable bonds is 0. The van der Waals surface area contributed by atoms with Crippen molar-refractivity contribution in [2.24, 2.45) is 0 Å². The fraction of sp³-hybridized carbons (Fsp3) is 1.00. The second-order valence-corrected chi connectivity index (χ2v) is 0. The van der Waals surface area contributed by atoms with Gasteiger partial charge in [-0.25, -0.2) is 0 Å². The van der Waals surface area contributed by atoms with E-state index >= 15 is 0 Å². The van der Waals surface area contributed by atoms with Crippen molar-refractivity contribution in [3.05, 3.63) is 11.5 Å². The molecule has 2 nitrogen and oxygen atoms in total. The molecule has 0 aromatic heterocycles. The summed E-state index contributed by atoms with van der Waals surface area (Å²) in [6.45, 7) is 0. The van der Waals surface area contributed by atoms with Crippen LogP contribution in [-0.4, -0.2) is 14.1 Å². The Labute approximate surface area is 58.2 Å². The molecule has 0 bridgehead atoms. The van der Waals surface area contributed by atoms with Crippen LogP contribution in [0, 0.1) is 0 Å². The summed E-state index contributed by atoms with van der Waals surface area (Å²) >= 11 is 0. The summed E-state index contributed by atoms with van der Waals surface area (Å²) < 4.78 is 0. The summed E-state index contributed by atoms with van der Waals surface area (Å²) in [5.74, 6) is 0. The normalized spacial score (nSPS) is 2.40. The zero-order valence-corrected chi connectivity index (χ0v) is 6.42. The van der Waals surface area contributed by atoms with Gasteiger partial charge in [0.25, 0.3) is 0 Å². The Morgan fingerprint density at radius 3 is 0.800 bits per heavy atom. The minimum atomic E-state index is 0. The first kappa shape index (κ1) is 16.6. The topological polar surface area (TPSA) is 47.6 Å². The molecule has 0 heterocycles. The van der Waals surface area contributed by atoms with Crippen LogP contribution in [0.4, 0.5) is 0 Å². The van der Waals surface area contributed by atoms with E-state index in [2.05, 4.69) is 0 Å². The van der Waals surface area contributed by atoms with Gasteiger partial charge in [0.15, 0.2) is 0 Å². The van der Waals surface area contributed by atoms with Crippen molar-refractivity contribution >= 4 is 0 Å². The van der Waals surface area contributed by atoms with E-state index in [1.807, 2.05) is 0 Å². The van der Waals surface area contributed by atoms with Gasteiger partial charge in [0.05, 0.1) is 0 Å². The van der Waals surface area contributed by atoms with Crippen LogP contribution in [0.25, 0.3) is 11.5 Å². The third-order valence-electron chi connectivity index (χ3n) is 0. The summed E-state index contributed by atoms with van der Waals surface area (Å²) in [4.78, 5) is 0. The average Bonchev–Trinajstić information content (AvgIpc) is 1.50. The van der Waals surface area contributed by atoms with E-state index in [0.717, 1.165) is 0 Å². The molecule has 3 heteroatoms. The van der Waals surface area contributed by atoms with E-state index in [0.29, 0.717) is 0 Å². The van der Waals surface area contributed by atoms with E-state index in [1.54, 1.807) is 0 Å². The quantitative estimate of drug-likeness (QED) is 0.498. The molecule has 1 radical (unpaired) electrons. The van der Waals surface area contributed by atoms with Crippen molar-refractivity contribution in [2.75, 3.05) is 14.1 Å². The molecule has 5 heavy (non-hydrogen) atoms. The van der Waals surface area contributed by atoms with E-state index < -0.39 is 0 Å². The first-order chi connectivity index (χ1) is 2.00. The van der Waals surface area contributed by atoms with Crippen LogP contribution in [0.1, 0.15) is 0 Å². The molecule has 0 spiro atoms. The Kier molecular flexibility index (Phi) is 258. The van der Waals surface area contributed by atoms with Crippen molar-refractivity contribution in [1.82, 2.24) is 0 Å². The van der Waals surface area contributed by atoms with Gasteiger partial charge in [-0.1, -0.05) is 0 Å². The van der Waals surface area contributed by atoms with E-state index in [1.165, 1.54) is 14.1 Å². The van der Waals surface area contributed by atoms with Crippen molar-refractivity contribution in [2.45, 2.75) is 0 Å². The van der Waals surface area contributed by atoms with Gasteiger partial charge in [0, 0.05) is 32.7 Å². The first-order valence-electron chi connectivity index (χ1n) is 1.00. The average molecular weight is 149 g/mol. The SMILES string of the molecule is C[NH-].C[NH-].[Y]. The minimum Gasteiger partial charge on any atom is -0.680 e. The standard InChI is InChI=1S/2CH4N.Y/c2*1-2;/h2*2H,1H3;/q2*-1;. The van der Waals surface area contributed by atoms with Gasteiger partial charge < -0.3 is 11.5 Å². The molecule has 0 aliphatic heterocycles. The molecule has 0 saturated heterocycles. The summed E-state index contributed by atoms with van der Waals surface area (Å²) in [5.41, 5.74) is 11.5. The van der Waals surface area contributed by atoms with Crippen molar-refractivity contribution in [3.63, 3.8) is 0 Å². The molecule has 0 amide bonds.